The normalized spacial score (nSPS) is 15.9. The second-order valence-corrected chi connectivity index (χ2v) is 9.24. The summed E-state index contributed by atoms with van der Waals surface area (Å²) in [6.07, 6.45) is 7.76. The molecule has 35 heavy (non-hydrogen) atoms. The Bertz CT molecular complexity index is 1270. The number of amides is 1. The van der Waals surface area contributed by atoms with Crippen molar-refractivity contribution >= 4 is 16.8 Å². The van der Waals surface area contributed by atoms with E-state index in [9.17, 15) is 4.79 Å². The second kappa shape index (κ2) is 10.4. The van der Waals surface area contributed by atoms with Crippen LogP contribution in [0.15, 0.2) is 61.3 Å². The van der Waals surface area contributed by atoms with Crippen LogP contribution in [0.3, 0.4) is 0 Å². The maximum atomic E-state index is 12.3. The molecule has 2 aromatic carbocycles. The maximum Gasteiger partial charge on any atom is 0.251 e. The highest BCUT2D eigenvalue weighted by molar-refractivity contribution is 5.95. The minimum Gasteiger partial charge on any atom is -0.361 e. The summed E-state index contributed by atoms with van der Waals surface area (Å²) in [5.74, 6) is -0.0165. The van der Waals surface area contributed by atoms with Gasteiger partial charge in [-0.2, -0.15) is 0 Å². The number of carbonyl (C=O) groups excluding carboxylic acids is 1. The van der Waals surface area contributed by atoms with Gasteiger partial charge in [-0.05, 0) is 61.7 Å². The van der Waals surface area contributed by atoms with Crippen molar-refractivity contribution < 1.29 is 4.79 Å². The summed E-state index contributed by atoms with van der Waals surface area (Å²) in [6, 6.07) is 14.6. The number of piperazine rings is 1. The molecule has 4 aromatic rings. The fraction of sp³-hybridized carbons (Fsp3) is 0.370. The van der Waals surface area contributed by atoms with Gasteiger partial charge >= 0.3 is 0 Å². The summed E-state index contributed by atoms with van der Waals surface area (Å²) in [6.45, 7) is 7.44. The zero-order chi connectivity index (χ0) is 24.2. The van der Waals surface area contributed by atoms with Gasteiger partial charge in [0.2, 0.25) is 0 Å². The smallest absolute Gasteiger partial charge is 0.251 e. The molecule has 8 nitrogen and oxygen atoms in total. The molecule has 1 fully saturated rings. The Morgan fingerprint density at radius 2 is 1.86 bits per heavy atom. The zero-order valence-corrected chi connectivity index (χ0v) is 20.4. The Kier molecular flexibility index (Phi) is 6.92. The van der Waals surface area contributed by atoms with Gasteiger partial charge in [-0.3, -0.25) is 14.3 Å². The van der Waals surface area contributed by atoms with E-state index in [1.807, 2.05) is 22.8 Å². The third-order valence-corrected chi connectivity index (χ3v) is 7.23. The molecule has 3 heterocycles. The molecule has 5 rings (SSSR count). The van der Waals surface area contributed by atoms with E-state index in [4.69, 9.17) is 0 Å². The monoisotopic (exact) mass is 471 g/mol. The minimum atomic E-state index is -0.0165. The van der Waals surface area contributed by atoms with Crippen molar-refractivity contribution in [2.24, 2.45) is 0 Å². The molecule has 1 amide bonds. The first kappa shape index (κ1) is 23.3. The number of hydrogen-bond donors (Lipinski definition) is 2. The summed E-state index contributed by atoms with van der Waals surface area (Å²) in [5.41, 5.74) is 5.47. The first-order valence-corrected chi connectivity index (χ1v) is 12.4. The highest BCUT2D eigenvalue weighted by atomic mass is 16.1. The average molecular weight is 472 g/mol. The van der Waals surface area contributed by atoms with E-state index in [0.717, 1.165) is 67.9 Å². The Morgan fingerprint density at radius 3 is 2.63 bits per heavy atom. The van der Waals surface area contributed by atoms with Crippen molar-refractivity contribution in [3.63, 3.8) is 0 Å². The van der Waals surface area contributed by atoms with Crippen molar-refractivity contribution in [3.05, 3.63) is 78.0 Å². The number of carbonyl (C=O) groups is 1. The summed E-state index contributed by atoms with van der Waals surface area (Å²) in [7, 11) is 1.69. The largest absolute Gasteiger partial charge is 0.361 e. The van der Waals surface area contributed by atoms with Crippen molar-refractivity contribution in [2.45, 2.75) is 25.8 Å². The van der Waals surface area contributed by atoms with Crippen molar-refractivity contribution in [3.8, 4) is 5.69 Å². The SMILES string of the molecule is CNC(=O)c1ccccc1C(C)N1CCN(CCCc2c[nH]c3ccc(-n4cnnc4)cc23)CC1. The number of nitrogens with zero attached hydrogens (tertiary/aromatic N) is 5. The molecule has 0 aliphatic carbocycles. The van der Waals surface area contributed by atoms with Crippen molar-refractivity contribution in [2.75, 3.05) is 39.8 Å². The molecule has 1 aliphatic heterocycles. The van der Waals surface area contributed by atoms with Gasteiger partial charge in [0, 0.05) is 67.6 Å². The Morgan fingerprint density at radius 1 is 1.09 bits per heavy atom. The number of aromatic nitrogens is 4. The molecule has 0 saturated carbocycles. The summed E-state index contributed by atoms with van der Waals surface area (Å²) >= 11 is 0. The Balaban J connectivity index is 1.15. The van der Waals surface area contributed by atoms with Gasteiger partial charge in [0.1, 0.15) is 12.7 Å². The highest BCUT2D eigenvalue weighted by Gasteiger charge is 2.24. The standard InChI is InChI=1S/C27H33N7O/c1-20(23-7-3-4-8-24(23)27(35)28-2)33-14-12-32(13-15-33)11-5-6-21-17-29-26-10-9-22(16-25(21)26)34-18-30-31-19-34/h3-4,7-10,16-20,29H,5-6,11-15H2,1-2H3,(H,28,35). The minimum absolute atomic E-state index is 0.0165. The highest BCUT2D eigenvalue weighted by Crippen LogP contribution is 2.26. The number of rotatable bonds is 8. The lowest BCUT2D eigenvalue weighted by atomic mass is 9.99. The first-order valence-electron chi connectivity index (χ1n) is 12.4. The first-order chi connectivity index (χ1) is 17.1. The number of hydrogen-bond acceptors (Lipinski definition) is 5. The molecule has 0 radical (unpaired) electrons. The van der Waals surface area contributed by atoms with Crippen LogP contribution < -0.4 is 5.32 Å². The van der Waals surface area contributed by atoms with E-state index in [1.54, 1.807) is 19.7 Å². The van der Waals surface area contributed by atoms with Crippen LogP contribution in [0.1, 0.15) is 40.9 Å². The topological polar surface area (TPSA) is 82.1 Å². The predicted octanol–water partition coefficient (Wildman–Crippen LogP) is 3.42. The van der Waals surface area contributed by atoms with E-state index in [1.165, 1.54) is 10.9 Å². The molecule has 2 aromatic heterocycles. The lowest BCUT2D eigenvalue weighted by Crippen LogP contribution is -2.47. The van der Waals surface area contributed by atoms with E-state index in [2.05, 4.69) is 67.7 Å². The second-order valence-electron chi connectivity index (χ2n) is 9.24. The molecule has 1 saturated heterocycles. The fourth-order valence-electron chi connectivity index (χ4n) is 5.13. The van der Waals surface area contributed by atoms with E-state index < -0.39 is 0 Å². The molecule has 0 bridgehead atoms. The lowest BCUT2D eigenvalue weighted by Gasteiger charge is -2.38. The number of benzene rings is 2. The molecule has 2 N–H and O–H groups in total. The summed E-state index contributed by atoms with van der Waals surface area (Å²) in [4.78, 5) is 20.8. The van der Waals surface area contributed by atoms with Crippen LogP contribution in [-0.2, 0) is 6.42 Å². The van der Waals surface area contributed by atoms with Gasteiger partial charge in [-0.25, -0.2) is 0 Å². The van der Waals surface area contributed by atoms with E-state index >= 15 is 0 Å². The van der Waals surface area contributed by atoms with Crippen LogP contribution >= 0.6 is 0 Å². The van der Waals surface area contributed by atoms with Gasteiger partial charge in [0.05, 0.1) is 0 Å². The van der Waals surface area contributed by atoms with E-state index in [-0.39, 0.29) is 11.9 Å². The molecule has 1 aliphatic rings. The van der Waals surface area contributed by atoms with Crippen LogP contribution in [0, 0.1) is 0 Å². The van der Waals surface area contributed by atoms with Crippen LogP contribution in [0.5, 0.6) is 0 Å². The molecule has 1 atom stereocenters. The van der Waals surface area contributed by atoms with Crippen LogP contribution in [0.25, 0.3) is 16.6 Å². The van der Waals surface area contributed by atoms with Crippen LogP contribution in [-0.4, -0.2) is 75.2 Å². The molecular weight excluding hydrogens is 438 g/mol. The van der Waals surface area contributed by atoms with Gasteiger partial charge in [0.15, 0.2) is 0 Å². The van der Waals surface area contributed by atoms with Gasteiger partial charge in [0.25, 0.3) is 5.91 Å². The number of fused-ring (bicyclic) bond motifs is 1. The molecule has 0 spiro atoms. The summed E-state index contributed by atoms with van der Waals surface area (Å²) in [5, 5.41) is 11.9. The quantitative estimate of drug-likeness (QED) is 0.412. The zero-order valence-electron chi connectivity index (χ0n) is 20.4. The van der Waals surface area contributed by atoms with Crippen molar-refractivity contribution in [1.82, 2.24) is 34.9 Å². The van der Waals surface area contributed by atoms with Gasteiger partial charge in [-0.15, -0.1) is 10.2 Å². The summed E-state index contributed by atoms with van der Waals surface area (Å²) < 4.78 is 1.93. The third kappa shape index (κ3) is 4.99. The molecule has 182 valence electrons. The molecule has 8 heteroatoms. The van der Waals surface area contributed by atoms with Crippen LogP contribution in [0.4, 0.5) is 0 Å². The van der Waals surface area contributed by atoms with E-state index in [0.29, 0.717) is 0 Å². The average Bonchev–Trinajstić information content (AvgIpc) is 3.58. The van der Waals surface area contributed by atoms with Gasteiger partial charge < -0.3 is 15.2 Å². The molecular formula is C27H33N7O. The number of aryl methyl sites for hydroxylation is 1. The number of aromatic amines is 1. The predicted molar refractivity (Wildman–Crippen MR) is 138 cm³/mol. The van der Waals surface area contributed by atoms with Gasteiger partial charge in [-0.1, -0.05) is 18.2 Å². The number of H-pyrrole nitrogens is 1. The van der Waals surface area contributed by atoms with Crippen LogP contribution in [0.2, 0.25) is 0 Å². The number of nitrogens with one attached hydrogen (secondary N) is 2. The fourth-order valence-corrected chi connectivity index (χ4v) is 5.13. The van der Waals surface area contributed by atoms with Crippen molar-refractivity contribution in [1.29, 1.82) is 0 Å². The Hall–Kier alpha value is -3.49. The third-order valence-electron chi connectivity index (χ3n) is 7.23. The Labute approximate surface area is 206 Å². The maximum absolute atomic E-state index is 12.3. The molecule has 1 unspecified atom stereocenters. The lowest BCUT2D eigenvalue weighted by molar-refractivity contribution is 0.0936.